The molecule has 20 heavy (non-hydrogen) atoms. The zero-order chi connectivity index (χ0) is 14.2. The highest BCUT2D eigenvalue weighted by Gasteiger charge is 2.37. The zero-order valence-electron chi connectivity index (χ0n) is 12.7. The first-order valence-electron chi connectivity index (χ1n) is 7.57. The van der Waals surface area contributed by atoms with Crippen molar-refractivity contribution in [2.24, 2.45) is 5.41 Å². The van der Waals surface area contributed by atoms with Gasteiger partial charge in [-0.05, 0) is 37.0 Å². The van der Waals surface area contributed by atoms with E-state index in [1.807, 2.05) is 0 Å². The second kappa shape index (κ2) is 5.33. The molecule has 2 saturated heterocycles. The van der Waals surface area contributed by atoms with Crippen molar-refractivity contribution in [2.45, 2.75) is 32.7 Å². The summed E-state index contributed by atoms with van der Waals surface area (Å²) in [7, 11) is 2.15. The minimum atomic E-state index is 0.171. The quantitative estimate of drug-likeness (QED) is 0.880. The summed E-state index contributed by atoms with van der Waals surface area (Å²) in [5.41, 5.74) is 0.171. The van der Waals surface area contributed by atoms with Crippen LogP contribution in [0.15, 0.2) is 4.52 Å². The predicted octanol–water partition coefficient (Wildman–Crippen LogP) is 1.27. The molecule has 1 aromatic heterocycles. The summed E-state index contributed by atoms with van der Waals surface area (Å²) in [6.45, 7) is 9.61. The molecule has 0 bridgehead atoms. The lowest BCUT2D eigenvalue weighted by atomic mass is 9.77. The van der Waals surface area contributed by atoms with E-state index in [0.29, 0.717) is 0 Å². The first-order chi connectivity index (χ1) is 9.56. The summed E-state index contributed by atoms with van der Waals surface area (Å²) < 4.78 is 5.54. The molecule has 2 aliphatic heterocycles. The number of rotatable bonds is 2. The largest absolute Gasteiger partial charge is 0.336 e. The molecule has 3 rings (SSSR count). The van der Waals surface area contributed by atoms with Crippen LogP contribution in [0.5, 0.6) is 0 Å². The van der Waals surface area contributed by atoms with Crippen LogP contribution in [0.25, 0.3) is 0 Å². The van der Waals surface area contributed by atoms with Gasteiger partial charge in [-0.25, -0.2) is 0 Å². The van der Waals surface area contributed by atoms with Crippen LogP contribution in [-0.4, -0.2) is 54.8 Å². The topological polar surface area (TPSA) is 57.4 Å². The Morgan fingerprint density at radius 1 is 1.25 bits per heavy atom. The molecule has 1 unspecified atom stereocenters. The maximum Gasteiger partial charge on any atom is 0.266 e. The van der Waals surface area contributed by atoms with Crippen molar-refractivity contribution in [2.75, 3.05) is 44.7 Å². The van der Waals surface area contributed by atoms with Crippen molar-refractivity contribution >= 4 is 5.95 Å². The smallest absolute Gasteiger partial charge is 0.266 e. The van der Waals surface area contributed by atoms with Gasteiger partial charge in [-0.3, -0.25) is 0 Å². The molecule has 2 fully saturated rings. The van der Waals surface area contributed by atoms with E-state index < -0.39 is 0 Å². The molecule has 0 radical (unpaired) electrons. The van der Waals surface area contributed by atoms with E-state index in [9.17, 15) is 0 Å². The molecule has 0 amide bonds. The van der Waals surface area contributed by atoms with Crippen LogP contribution in [0.1, 0.15) is 38.6 Å². The van der Waals surface area contributed by atoms with E-state index in [2.05, 4.69) is 46.2 Å². The van der Waals surface area contributed by atoms with Crippen LogP contribution >= 0.6 is 0 Å². The maximum absolute atomic E-state index is 5.54. The molecular weight excluding hydrogens is 254 g/mol. The van der Waals surface area contributed by atoms with Crippen LogP contribution in [0.2, 0.25) is 0 Å². The summed E-state index contributed by atoms with van der Waals surface area (Å²) in [5.74, 6) is 1.49. The van der Waals surface area contributed by atoms with Crippen LogP contribution in [0.4, 0.5) is 5.95 Å². The Hall–Kier alpha value is -1.14. The Morgan fingerprint density at radius 2 is 2.00 bits per heavy atom. The third-order valence-corrected chi connectivity index (χ3v) is 4.59. The summed E-state index contributed by atoms with van der Waals surface area (Å²) in [4.78, 5) is 9.18. The van der Waals surface area contributed by atoms with Crippen molar-refractivity contribution in [3.8, 4) is 0 Å². The molecule has 0 saturated carbocycles. The second-order valence-corrected chi connectivity index (χ2v) is 6.70. The van der Waals surface area contributed by atoms with E-state index in [1.54, 1.807) is 0 Å². The van der Waals surface area contributed by atoms with Gasteiger partial charge in [0.2, 0.25) is 5.89 Å². The lowest BCUT2D eigenvalue weighted by Crippen LogP contribution is -2.45. The first-order valence-corrected chi connectivity index (χ1v) is 7.57. The number of aromatic nitrogens is 2. The fourth-order valence-electron chi connectivity index (χ4n) is 3.11. The molecule has 1 N–H and O–H groups in total. The van der Waals surface area contributed by atoms with Crippen molar-refractivity contribution < 1.29 is 4.52 Å². The first kappa shape index (κ1) is 13.8. The SMILES string of the molecule is CN1CCN(c2noc(C3NCCCC3(C)C)n2)CC1. The van der Waals surface area contributed by atoms with Crippen molar-refractivity contribution in [3.05, 3.63) is 5.89 Å². The Bertz CT molecular complexity index is 450. The second-order valence-electron chi connectivity index (χ2n) is 6.70. The van der Waals surface area contributed by atoms with Gasteiger partial charge in [-0.1, -0.05) is 13.8 Å². The van der Waals surface area contributed by atoms with Gasteiger partial charge in [0.05, 0.1) is 6.04 Å². The minimum absolute atomic E-state index is 0.171. The fraction of sp³-hybridized carbons (Fsp3) is 0.857. The summed E-state index contributed by atoms with van der Waals surface area (Å²) in [6.07, 6.45) is 2.40. The van der Waals surface area contributed by atoms with Crippen molar-refractivity contribution in [1.29, 1.82) is 0 Å². The average molecular weight is 279 g/mol. The van der Waals surface area contributed by atoms with Crippen molar-refractivity contribution in [3.63, 3.8) is 0 Å². The Kier molecular flexibility index (Phi) is 3.69. The van der Waals surface area contributed by atoms with Crippen molar-refractivity contribution in [1.82, 2.24) is 20.4 Å². The summed E-state index contributed by atoms with van der Waals surface area (Å²) in [6, 6.07) is 0.171. The minimum Gasteiger partial charge on any atom is -0.336 e. The molecule has 6 heteroatoms. The molecule has 112 valence electrons. The highest BCUT2D eigenvalue weighted by Crippen LogP contribution is 2.39. The molecule has 1 atom stereocenters. The number of piperidine rings is 1. The van der Waals surface area contributed by atoms with Crippen LogP contribution in [0, 0.1) is 5.41 Å². The normalized spacial score (nSPS) is 27.8. The molecule has 0 spiro atoms. The van der Waals surface area contributed by atoms with E-state index in [1.165, 1.54) is 12.8 Å². The summed E-state index contributed by atoms with van der Waals surface area (Å²) >= 11 is 0. The number of nitrogens with zero attached hydrogens (tertiary/aromatic N) is 4. The van der Waals surface area contributed by atoms with Crippen LogP contribution in [0.3, 0.4) is 0 Å². The molecule has 1 aromatic rings. The molecule has 6 nitrogen and oxygen atoms in total. The van der Waals surface area contributed by atoms with E-state index in [0.717, 1.165) is 44.6 Å². The Balaban J connectivity index is 1.73. The third-order valence-electron chi connectivity index (χ3n) is 4.59. The van der Waals surface area contributed by atoms with E-state index in [-0.39, 0.29) is 11.5 Å². The number of piperazine rings is 1. The summed E-state index contributed by atoms with van der Waals surface area (Å²) in [5, 5.41) is 7.71. The number of hydrogen-bond acceptors (Lipinski definition) is 6. The van der Waals surface area contributed by atoms with Gasteiger partial charge in [-0.2, -0.15) is 4.98 Å². The van der Waals surface area contributed by atoms with Crippen LogP contribution in [-0.2, 0) is 0 Å². The number of likely N-dealkylation sites (N-methyl/N-ethyl adjacent to an activating group) is 1. The number of hydrogen-bond donors (Lipinski definition) is 1. The monoisotopic (exact) mass is 279 g/mol. The Labute approximate surface area is 120 Å². The van der Waals surface area contributed by atoms with Gasteiger partial charge < -0.3 is 19.6 Å². The standard InChI is InChI=1S/C14H25N5O/c1-14(2)5-4-6-15-11(14)12-16-13(17-20-12)19-9-7-18(3)8-10-19/h11,15H,4-10H2,1-3H3. The zero-order valence-corrected chi connectivity index (χ0v) is 12.7. The molecule has 0 aromatic carbocycles. The number of nitrogens with one attached hydrogen (secondary N) is 1. The van der Waals surface area contributed by atoms with Gasteiger partial charge in [0.15, 0.2) is 0 Å². The lowest BCUT2D eigenvalue weighted by Gasteiger charge is -2.37. The number of anilines is 1. The van der Waals surface area contributed by atoms with E-state index in [4.69, 9.17) is 4.52 Å². The molecule has 3 heterocycles. The van der Waals surface area contributed by atoms with E-state index >= 15 is 0 Å². The fourth-order valence-corrected chi connectivity index (χ4v) is 3.11. The average Bonchev–Trinajstić information content (AvgIpc) is 2.88. The molecule has 0 aliphatic carbocycles. The van der Waals surface area contributed by atoms with Crippen LogP contribution < -0.4 is 10.2 Å². The molecule has 2 aliphatic rings. The Morgan fingerprint density at radius 3 is 2.70 bits per heavy atom. The van der Waals surface area contributed by atoms with Gasteiger partial charge >= 0.3 is 0 Å². The maximum atomic E-state index is 5.54. The van der Waals surface area contributed by atoms with Gasteiger partial charge in [-0.15, -0.1) is 0 Å². The van der Waals surface area contributed by atoms with Gasteiger partial charge in [0, 0.05) is 26.2 Å². The highest BCUT2D eigenvalue weighted by molar-refractivity contribution is 5.29. The highest BCUT2D eigenvalue weighted by atomic mass is 16.5. The predicted molar refractivity (Wildman–Crippen MR) is 77.8 cm³/mol. The third kappa shape index (κ3) is 2.67. The van der Waals surface area contributed by atoms with Gasteiger partial charge in [0.25, 0.3) is 5.95 Å². The van der Waals surface area contributed by atoms with Gasteiger partial charge in [0.1, 0.15) is 0 Å². The lowest BCUT2D eigenvalue weighted by molar-refractivity contribution is 0.146. The molecular formula is C14H25N5O.